The highest BCUT2D eigenvalue weighted by Gasteiger charge is 2.37. The average molecular weight is 417 g/mol. The van der Waals surface area contributed by atoms with Crippen molar-refractivity contribution < 1.29 is 14.4 Å². The molecular formula is C26H28N2O3. The highest BCUT2D eigenvalue weighted by molar-refractivity contribution is 6.14. The molecule has 0 saturated carbocycles. The molecule has 1 fully saturated rings. The number of allylic oxidation sites excluding steroid dienone is 2. The van der Waals surface area contributed by atoms with Crippen LogP contribution < -0.4 is 5.32 Å². The summed E-state index contributed by atoms with van der Waals surface area (Å²) in [5, 5.41) is 2.97. The highest BCUT2D eigenvalue weighted by Crippen LogP contribution is 2.31. The molecule has 0 radical (unpaired) electrons. The van der Waals surface area contributed by atoms with Gasteiger partial charge < -0.3 is 10.2 Å². The Labute approximate surface area is 183 Å². The number of hydrogen-bond donors (Lipinski definition) is 1. The van der Waals surface area contributed by atoms with Crippen LogP contribution in [0.25, 0.3) is 0 Å². The first-order valence-electron chi connectivity index (χ1n) is 11.0. The molecular weight excluding hydrogens is 388 g/mol. The lowest BCUT2D eigenvalue weighted by atomic mass is 9.81. The Morgan fingerprint density at radius 2 is 1.58 bits per heavy atom. The first-order valence-corrected chi connectivity index (χ1v) is 11.0. The number of carbonyl (C=O) groups is 3. The van der Waals surface area contributed by atoms with Crippen molar-refractivity contribution in [1.82, 2.24) is 4.90 Å². The van der Waals surface area contributed by atoms with Crippen LogP contribution in [0, 0.1) is 18.8 Å². The second-order valence-electron chi connectivity index (χ2n) is 8.42. The molecule has 0 bridgehead atoms. The van der Waals surface area contributed by atoms with Crippen LogP contribution in [0.2, 0.25) is 0 Å². The van der Waals surface area contributed by atoms with Crippen LogP contribution >= 0.6 is 0 Å². The zero-order valence-electron chi connectivity index (χ0n) is 17.8. The number of nitrogens with zero attached hydrogens (tertiary/aromatic N) is 1. The van der Waals surface area contributed by atoms with E-state index < -0.39 is 5.92 Å². The Morgan fingerprint density at radius 3 is 2.29 bits per heavy atom. The third-order valence-electron chi connectivity index (χ3n) is 6.22. The second-order valence-corrected chi connectivity index (χ2v) is 8.42. The smallest absolute Gasteiger partial charge is 0.228 e. The molecule has 1 heterocycles. The molecule has 0 spiro atoms. The van der Waals surface area contributed by atoms with Gasteiger partial charge >= 0.3 is 0 Å². The normalized spacial score (nSPS) is 20.5. The van der Waals surface area contributed by atoms with Crippen molar-refractivity contribution >= 4 is 23.3 Å². The van der Waals surface area contributed by atoms with Gasteiger partial charge in [-0.25, -0.2) is 0 Å². The molecule has 1 aliphatic carbocycles. The van der Waals surface area contributed by atoms with Crippen LogP contribution in [0.15, 0.2) is 60.7 Å². The van der Waals surface area contributed by atoms with Gasteiger partial charge in [0.2, 0.25) is 11.8 Å². The van der Waals surface area contributed by atoms with E-state index in [1.165, 1.54) is 0 Å². The number of anilines is 1. The van der Waals surface area contributed by atoms with Crippen molar-refractivity contribution in [2.45, 2.75) is 32.6 Å². The van der Waals surface area contributed by atoms with Crippen LogP contribution in [-0.4, -0.2) is 35.6 Å². The fraction of sp³-hybridized carbons (Fsp3) is 0.346. The Hall–Kier alpha value is -3.21. The van der Waals surface area contributed by atoms with Crippen molar-refractivity contribution in [3.05, 3.63) is 77.4 Å². The van der Waals surface area contributed by atoms with Gasteiger partial charge in [0.05, 0.1) is 17.5 Å². The summed E-state index contributed by atoms with van der Waals surface area (Å²) in [6.45, 7) is 3.48. The van der Waals surface area contributed by atoms with E-state index in [4.69, 9.17) is 0 Å². The minimum absolute atomic E-state index is 0.0755. The summed E-state index contributed by atoms with van der Waals surface area (Å²) < 4.78 is 0. The lowest BCUT2D eigenvalue weighted by molar-refractivity contribution is -0.139. The number of ketones is 1. The summed E-state index contributed by atoms with van der Waals surface area (Å²) >= 11 is 0. The quantitative estimate of drug-likeness (QED) is 0.581. The zero-order valence-corrected chi connectivity index (χ0v) is 17.8. The van der Waals surface area contributed by atoms with E-state index in [-0.39, 0.29) is 23.5 Å². The van der Waals surface area contributed by atoms with Crippen LogP contribution in [0.5, 0.6) is 0 Å². The van der Waals surface area contributed by atoms with E-state index >= 15 is 0 Å². The lowest BCUT2D eigenvalue weighted by Crippen LogP contribution is -2.42. The third-order valence-corrected chi connectivity index (χ3v) is 6.22. The standard InChI is InChI=1S/C26H28N2O3/c1-18-13-14-23(22(17-18)24(29)19-9-3-2-4-10-19)27-25(30)20-11-5-6-12-21(20)26(31)28-15-7-8-16-28/h2-6,9-10,13-14,17,20-21H,7-8,11-12,15-16H2,1H3,(H,27,30). The number of amides is 2. The molecule has 31 heavy (non-hydrogen) atoms. The Balaban J connectivity index is 1.57. The van der Waals surface area contributed by atoms with E-state index in [0.717, 1.165) is 31.5 Å². The number of nitrogens with one attached hydrogen (secondary N) is 1. The predicted octanol–water partition coefficient (Wildman–Crippen LogP) is 4.37. The van der Waals surface area contributed by atoms with Gasteiger partial charge in [0.25, 0.3) is 0 Å². The summed E-state index contributed by atoms with van der Waals surface area (Å²) in [6.07, 6.45) is 7.14. The summed E-state index contributed by atoms with van der Waals surface area (Å²) in [4.78, 5) is 41.3. The van der Waals surface area contributed by atoms with Crippen molar-refractivity contribution in [2.75, 3.05) is 18.4 Å². The molecule has 2 amide bonds. The Morgan fingerprint density at radius 1 is 0.903 bits per heavy atom. The molecule has 1 N–H and O–H groups in total. The van der Waals surface area contributed by atoms with E-state index in [2.05, 4.69) is 5.32 Å². The predicted molar refractivity (Wildman–Crippen MR) is 121 cm³/mol. The van der Waals surface area contributed by atoms with E-state index in [1.807, 2.05) is 48.2 Å². The van der Waals surface area contributed by atoms with Gasteiger partial charge in [0.1, 0.15) is 0 Å². The summed E-state index contributed by atoms with van der Waals surface area (Å²) in [5.74, 6) is -1.03. The maximum atomic E-state index is 13.3. The summed E-state index contributed by atoms with van der Waals surface area (Å²) in [6, 6.07) is 14.5. The summed E-state index contributed by atoms with van der Waals surface area (Å²) in [7, 11) is 0. The van der Waals surface area contributed by atoms with Crippen molar-refractivity contribution in [1.29, 1.82) is 0 Å². The molecule has 5 nitrogen and oxygen atoms in total. The minimum Gasteiger partial charge on any atom is -0.342 e. The van der Waals surface area contributed by atoms with Crippen molar-refractivity contribution in [3.8, 4) is 0 Å². The van der Waals surface area contributed by atoms with Crippen LogP contribution in [0.1, 0.15) is 47.2 Å². The fourth-order valence-electron chi connectivity index (χ4n) is 4.47. The van der Waals surface area contributed by atoms with Gasteiger partial charge in [-0.05, 0) is 44.7 Å². The van der Waals surface area contributed by atoms with Crippen molar-refractivity contribution in [2.24, 2.45) is 11.8 Å². The van der Waals surface area contributed by atoms with Crippen LogP contribution in [-0.2, 0) is 9.59 Å². The monoisotopic (exact) mass is 416 g/mol. The van der Waals surface area contributed by atoms with Crippen LogP contribution in [0.4, 0.5) is 5.69 Å². The molecule has 1 saturated heterocycles. The summed E-state index contributed by atoms with van der Waals surface area (Å²) in [5.41, 5.74) is 2.48. The van der Waals surface area contributed by atoms with E-state index in [9.17, 15) is 14.4 Å². The largest absolute Gasteiger partial charge is 0.342 e. The third kappa shape index (κ3) is 4.61. The lowest BCUT2D eigenvalue weighted by Gasteiger charge is -2.30. The SMILES string of the molecule is Cc1ccc(NC(=O)C2CC=CCC2C(=O)N2CCCC2)c(C(=O)c2ccccc2)c1. The van der Waals surface area contributed by atoms with E-state index in [0.29, 0.717) is 29.7 Å². The Kier molecular flexibility index (Phi) is 6.31. The van der Waals surface area contributed by atoms with Gasteiger partial charge in [0.15, 0.2) is 5.78 Å². The molecule has 2 aromatic carbocycles. The molecule has 4 rings (SSSR count). The molecule has 0 aromatic heterocycles. The molecule has 2 unspecified atom stereocenters. The van der Waals surface area contributed by atoms with Gasteiger partial charge in [-0.1, -0.05) is 54.1 Å². The minimum atomic E-state index is -0.431. The molecule has 1 aliphatic heterocycles. The first kappa shape index (κ1) is 21.0. The number of hydrogen-bond acceptors (Lipinski definition) is 3. The number of likely N-dealkylation sites (tertiary alicyclic amines) is 1. The second kappa shape index (κ2) is 9.29. The van der Waals surface area contributed by atoms with Gasteiger partial charge in [0, 0.05) is 24.2 Å². The highest BCUT2D eigenvalue weighted by atomic mass is 16.2. The zero-order chi connectivity index (χ0) is 21.8. The fourth-order valence-corrected chi connectivity index (χ4v) is 4.47. The van der Waals surface area contributed by atoms with Gasteiger partial charge in [-0.2, -0.15) is 0 Å². The van der Waals surface area contributed by atoms with Crippen LogP contribution in [0.3, 0.4) is 0 Å². The number of carbonyl (C=O) groups excluding carboxylic acids is 3. The maximum absolute atomic E-state index is 13.3. The number of aryl methyl sites for hydroxylation is 1. The van der Waals surface area contributed by atoms with Gasteiger partial charge in [-0.3, -0.25) is 14.4 Å². The maximum Gasteiger partial charge on any atom is 0.228 e. The molecule has 160 valence electrons. The topological polar surface area (TPSA) is 66.5 Å². The molecule has 2 aliphatic rings. The molecule has 2 aromatic rings. The first-order chi connectivity index (χ1) is 15.0. The Bertz CT molecular complexity index is 1010. The van der Waals surface area contributed by atoms with Gasteiger partial charge in [-0.15, -0.1) is 0 Å². The van der Waals surface area contributed by atoms with Crippen molar-refractivity contribution in [3.63, 3.8) is 0 Å². The molecule has 2 atom stereocenters. The molecule has 5 heteroatoms. The average Bonchev–Trinajstić information content (AvgIpc) is 3.35. The van der Waals surface area contributed by atoms with E-state index in [1.54, 1.807) is 24.3 Å². The number of rotatable bonds is 5. The number of benzene rings is 2.